The third kappa shape index (κ3) is 2.85. The Hall–Kier alpha value is -1.41. The van der Waals surface area contributed by atoms with Crippen LogP contribution >= 0.6 is 0 Å². The molecular formula is C16H21N3O. The summed E-state index contributed by atoms with van der Waals surface area (Å²) in [4.78, 5) is 2.30. The largest absolute Gasteiger partial charge is 0.374 e. The van der Waals surface area contributed by atoms with Crippen molar-refractivity contribution in [2.75, 3.05) is 26.7 Å². The van der Waals surface area contributed by atoms with Gasteiger partial charge in [-0.15, -0.1) is 0 Å². The van der Waals surface area contributed by atoms with E-state index in [4.69, 9.17) is 4.74 Å². The number of benzene rings is 1. The van der Waals surface area contributed by atoms with Gasteiger partial charge in [0.15, 0.2) is 0 Å². The summed E-state index contributed by atoms with van der Waals surface area (Å²) in [6.45, 7) is 2.53. The lowest BCUT2D eigenvalue weighted by Gasteiger charge is -2.40. The van der Waals surface area contributed by atoms with E-state index in [9.17, 15) is 5.26 Å². The molecule has 20 heavy (non-hydrogen) atoms. The van der Waals surface area contributed by atoms with E-state index >= 15 is 0 Å². The number of ether oxygens (including phenoxy) is 1. The molecule has 4 heteroatoms. The van der Waals surface area contributed by atoms with Gasteiger partial charge in [-0.2, -0.15) is 5.26 Å². The highest BCUT2D eigenvalue weighted by atomic mass is 16.5. The number of nitrogens with one attached hydrogen (secondary N) is 1. The SMILES string of the molecule is CN1CCOC(CNC2CC2)C1c1ccccc1C#N. The Morgan fingerprint density at radius 2 is 2.20 bits per heavy atom. The fourth-order valence-corrected chi connectivity index (χ4v) is 2.90. The zero-order valence-electron chi connectivity index (χ0n) is 11.9. The Labute approximate surface area is 120 Å². The highest BCUT2D eigenvalue weighted by Crippen LogP contribution is 2.31. The monoisotopic (exact) mass is 271 g/mol. The lowest BCUT2D eigenvalue weighted by atomic mass is 9.94. The van der Waals surface area contributed by atoms with Crippen LogP contribution in [0.2, 0.25) is 0 Å². The zero-order valence-corrected chi connectivity index (χ0v) is 11.9. The number of nitriles is 1. The van der Waals surface area contributed by atoms with E-state index in [0.29, 0.717) is 6.04 Å². The second-order valence-electron chi connectivity index (χ2n) is 5.72. The van der Waals surface area contributed by atoms with Gasteiger partial charge in [0.25, 0.3) is 0 Å². The Balaban J connectivity index is 1.82. The molecule has 2 fully saturated rings. The Bertz CT molecular complexity index is 507. The molecule has 3 rings (SSSR count). The number of nitrogens with zero attached hydrogens (tertiary/aromatic N) is 2. The van der Waals surface area contributed by atoms with Crippen LogP contribution in [0.25, 0.3) is 0 Å². The molecule has 0 amide bonds. The van der Waals surface area contributed by atoms with Crippen molar-refractivity contribution in [3.8, 4) is 6.07 Å². The Kier molecular flexibility index (Phi) is 4.02. The normalized spacial score (nSPS) is 27.2. The van der Waals surface area contributed by atoms with Crippen molar-refractivity contribution >= 4 is 0 Å². The number of likely N-dealkylation sites (N-methyl/N-ethyl adjacent to an activating group) is 1. The van der Waals surface area contributed by atoms with E-state index in [0.717, 1.165) is 30.8 Å². The van der Waals surface area contributed by atoms with Gasteiger partial charge in [-0.25, -0.2) is 0 Å². The van der Waals surface area contributed by atoms with Gasteiger partial charge < -0.3 is 10.1 Å². The fourth-order valence-electron chi connectivity index (χ4n) is 2.90. The van der Waals surface area contributed by atoms with Gasteiger partial charge in [-0.3, -0.25) is 4.90 Å². The second-order valence-corrected chi connectivity index (χ2v) is 5.72. The summed E-state index contributed by atoms with van der Waals surface area (Å²) in [5.41, 5.74) is 1.84. The van der Waals surface area contributed by atoms with Gasteiger partial charge >= 0.3 is 0 Å². The first-order valence-electron chi connectivity index (χ1n) is 7.34. The smallest absolute Gasteiger partial charge is 0.0995 e. The van der Waals surface area contributed by atoms with Gasteiger partial charge in [-0.05, 0) is 31.5 Å². The summed E-state index contributed by atoms with van der Waals surface area (Å²) in [7, 11) is 2.12. The molecule has 2 aliphatic rings. The maximum absolute atomic E-state index is 9.32. The van der Waals surface area contributed by atoms with Gasteiger partial charge in [0.2, 0.25) is 0 Å². The van der Waals surface area contributed by atoms with Crippen LogP contribution in [0.15, 0.2) is 24.3 Å². The molecule has 1 saturated carbocycles. The van der Waals surface area contributed by atoms with Crippen LogP contribution in [0, 0.1) is 11.3 Å². The summed E-state index contributed by atoms with van der Waals surface area (Å²) < 4.78 is 5.98. The number of hydrogen-bond acceptors (Lipinski definition) is 4. The Morgan fingerprint density at radius 3 is 2.95 bits per heavy atom. The molecule has 1 aliphatic heterocycles. The van der Waals surface area contributed by atoms with Gasteiger partial charge in [0.05, 0.1) is 30.4 Å². The van der Waals surface area contributed by atoms with Crippen LogP contribution in [-0.4, -0.2) is 43.8 Å². The molecule has 0 aromatic heterocycles. The maximum atomic E-state index is 9.32. The van der Waals surface area contributed by atoms with Crippen molar-refractivity contribution in [2.45, 2.75) is 31.0 Å². The molecule has 0 radical (unpaired) electrons. The van der Waals surface area contributed by atoms with Crippen molar-refractivity contribution in [1.29, 1.82) is 5.26 Å². The molecule has 1 saturated heterocycles. The average Bonchev–Trinajstić information content (AvgIpc) is 3.29. The molecule has 1 aromatic carbocycles. The van der Waals surface area contributed by atoms with Crippen LogP contribution in [0.5, 0.6) is 0 Å². The van der Waals surface area contributed by atoms with E-state index in [2.05, 4.69) is 29.4 Å². The first-order valence-corrected chi connectivity index (χ1v) is 7.34. The van der Waals surface area contributed by atoms with Crippen LogP contribution in [0.4, 0.5) is 0 Å². The highest BCUT2D eigenvalue weighted by Gasteiger charge is 2.34. The van der Waals surface area contributed by atoms with Crippen molar-refractivity contribution in [3.05, 3.63) is 35.4 Å². The number of hydrogen-bond donors (Lipinski definition) is 1. The van der Waals surface area contributed by atoms with Crippen molar-refractivity contribution < 1.29 is 4.74 Å². The summed E-state index contributed by atoms with van der Waals surface area (Å²) in [5, 5.41) is 12.9. The van der Waals surface area contributed by atoms with Crippen molar-refractivity contribution in [2.24, 2.45) is 0 Å². The predicted molar refractivity (Wildman–Crippen MR) is 77.3 cm³/mol. The van der Waals surface area contributed by atoms with Crippen LogP contribution in [0.1, 0.15) is 30.0 Å². The molecule has 1 heterocycles. The molecule has 0 bridgehead atoms. The second kappa shape index (κ2) is 5.92. The van der Waals surface area contributed by atoms with E-state index in [1.54, 1.807) is 0 Å². The van der Waals surface area contributed by atoms with Crippen LogP contribution < -0.4 is 5.32 Å². The van der Waals surface area contributed by atoms with Crippen molar-refractivity contribution in [1.82, 2.24) is 10.2 Å². The van der Waals surface area contributed by atoms with Gasteiger partial charge in [0.1, 0.15) is 0 Å². The van der Waals surface area contributed by atoms with Crippen LogP contribution in [-0.2, 0) is 4.74 Å². The number of rotatable bonds is 4. The molecule has 0 spiro atoms. The lowest BCUT2D eigenvalue weighted by Crippen LogP contribution is -2.48. The fraction of sp³-hybridized carbons (Fsp3) is 0.562. The van der Waals surface area contributed by atoms with E-state index in [1.807, 2.05) is 18.2 Å². The van der Waals surface area contributed by atoms with E-state index in [-0.39, 0.29) is 12.1 Å². The predicted octanol–water partition coefficient (Wildman–Crippen LogP) is 1.68. The molecule has 1 aromatic rings. The quantitative estimate of drug-likeness (QED) is 0.905. The molecule has 4 nitrogen and oxygen atoms in total. The molecule has 2 unspecified atom stereocenters. The molecule has 2 atom stereocenters. The maximum Gasteiger partial charge on any atom is 0.0995 e. The minimum absolute atomic E-state index is 0.115. The minimum Gasteiger partial charge on any atom is -0.374 e. The third-order valence-corrected chi connectivity index (χ3v) is 4.19. The van der Waals surface area contributed by atoms with E-state index < -0.39 is 0 Å². The highest BCUT2D eigenvalue weighted by molar-refractivity contribution is 5.40. The van der Waals surface area contributed by atoms with E-state index in [1.165, 1.54) is 12.8 Å². The van der Waals surface area contributed by atoms with Gasteiger partial charge in [-0.1, -0.05) is 18.2 Å². The Morgan fingerprint density at radius 1 is 1.40 bits per heavy atom. The number of morpholine rings is 1. The van der Waals surface area contributed by atoms with Crippen molar-refractivity contribution in [3.63, 3.8) is 0 Å². The summed E-state index contributed by atoms with van der Waals surface area (Å²) >= 11 is 0. The topological polar surface area (TPSA) is 48.3 Å². The lowest BCUT2D eigenvalue weighted by molar-refractivity contribution is -0.0615. The third-order valence-electron chi connectivity index (χ3n) is 4.19. The molecule has 106 valence electrons. The first kappa shape index (κ1) is 13.6. The summed E-state index contributed by atoms with van der Waals surface area (Å²) in [6.07, 6.45) is 2.67. The van der Waals surface area contributed by atoms with Gasteiger partial charge in [0, 0.05) is 19.1 Å². The summed E-state index contributed by atoms with van der Waals surface area (Å²) in [5.74, 6) is 0. The standard InChI is InChI=1S/C16H21N3O/c1-19-8-9-20-15(11-18-13-6-7-13)16(19)14-5-3-2-4-12(14)10-17/h2-5,13,15-16,18H,6-9,11H2,1H3. The molecule has 1 aliphatic carbocycles. The van der Waals surface area contributed by atoms with Crippen LogP contribution in [0.3, 0.4) is 0 Å². The minimum atomic E-state index is 0.115. The molecular weight excluding hydrogens is 250 g/mol. The average molecular weight is 271 g/mol. The first-order chi connectivity index (χ1) is 9.79. The molecule has 1 N–H and O–H groups in total. The summed E-state index contributed by atoms with van der Waals surface area (Å²) in [6, 6.07) is 11.0. The zero-order chi connectivity index (χ0) is 13.9.